The number of carboxylic acid groups (broad SMARTS) is 1. The molecule has 0 bridgehead atoms. The standard InChI is InChI=1S/C16H23NO4/c1-2-21-14-5-3-13(4-6-14)17-11-16(20)9-7-12(8-10-16)15(18)19/h3-6,12,17,20H,2,7-11H2,1H3,(H,18,19). The minimum absolute atomic E-state index is 0.309. The van der Waals surface area contributed by atoms with Gasteiger partial charge in [0.25, 0.3) is 0 Å². The van der Waals surface area contributed by atoms with Gasteiger partial charge in [0.15, 0.2) is 0 Å². The second-order valence-corrected chi connectivity index (χ2v) is 5.65. The van der Waals surface area contributed by atoms with Gasteiger partial charge in [0.2, 0.25) is 0 Å². The molecule has 5 heteroatoms. The number of benzene rings is 1. The Kier molecular flexibility index (Phi) is 5.07. The number of aliphatic hydroxyl groups is 1. The molecule has 1 aliphatic rings. The van der Waals surface area contributed by atoms with E-state index in [1.807, 2.05) is 31.2 Å². The highest BCUT2D eigenvalue weighted by Crippen LogP contribution is 2.32. The van der Waals surface area contributed by atoms with Crippen molar-refractivity contribution in [2.75, 3.05) is 18.5 Å². The topological polar surface area (TPSA) is 78.8 Å². The van der Waals surface area contributed by atoms with Crippen molar-refractivity contribution < 1.29 is 19.7 Å². The predicted octanol–water partition coefficient (Wildman–Crippen LogP) is 2.50. The van der Waals surface area contributed by atoms with E-state index in [-0.39, 0.29) is 5.92 Å². The van der Waals surface area contributed by atoms with Crippen molar-refractivity contribution >= 4 is 11.7 Å². The Morgan fingerprint density at radius 3 is 2.48 bits per heavy atom. The quantitative estimate of drug-likeness (QED) is 0.751. The fourth-order valence-electron chi connectivity index (χ4n) is 2.68. The molecule has 5 nitrogen and oxygen atoms in total. The Morgan fingerprint density at radius 1 is 1.33 bits per heavy atom. The summed E-state index contributed by atoms with van der Waals surface area (Å²) >= 11 is 0. The molecular formula is C16H23NO4. The van der Waals surface area contributed by atoms with Crippen molar-refractivity contribution in [1.29, 1.82) is 0 Å². The van der Waals surface area contributed by atoms with E-state index >= 15 is 0 Å². The van der Waals surface area contributed by atoms with Crippen molar-refractivity contribution in [3.8, 4) is 5.75 Å². The molecule has 0 radical (unpaired) electrons. The number of hydrogen-bond acceptors (Lipinski definition) is 4. The Bertz CT molecular complexity index is 464. The van der Waals surface area contributed by atoms with Crippen LogP contribution < -0.4 is 10.1 Å². The number of aliphatic carboxylic acids is 1. The van der Waals surface area contributed by atoms with E-state index in [2.05, 4.69) is 5.32 Å². The molecule has 0 aromatic heterocycles. The third kappa shape index (κ3) is 4.36. The van der Waals surface area contributed by atoms with E-state index in [4.69, 9.17) is 9.84 Å². The zero-order valence-electron chi connectivity index (χ0n) is 12.3. The van der Waals surface area contributed by atoms with Gasteiger partial charge in [-0.3, -0.25) is 4.79 Å². The van der Waals surface area contributed by atoms with Gasteiger partial charge in [-0.25, -0.2) is 0 Å². The van der Waals surface area contributed by atoms with Crippen molar-refractivity contribution in [3.05, 3.63) is 24.3 Å². The highest BCUT2D eigenvalue weighted by Gasteiger charge is 2.35. The van der Waals surface area contributed by atoms with E-state index in [1.165, 1.54) is 0 Å². The number of hydrogen-bond donors (Lipinski definition) is 3. The summed E-state index contributed by atoms with van der Waals surface area (Å²) in [6, 6.07) is 7.60. The van der Waals surface area contributed by atoms with Crippen LogP contribution in [0.4, 0.5) is 5.69 Å². The van der Waals surface area contributed by atoms with Crippen molar-refractivity contribution in [1.82, 2.24) is 0 Å². The molecule has 1 aromatic carbocycles. The molecule has 0 atom stereocenters. The van der Waals surface area contributed by atoms with Gasteiger partial charge in [-0.15, -0.1) is 0 Å². The molecule has 1 aliphatic carbocycles. The fourth-order valence-corrected chi connectivity index (χ4v) is 2.68. The van der Waals surface area contributed by atoms with Crippen LogP contribution in [0.5, 0.6) is 5.75 Å². The largest absolute Gasteiger partial charge is 0.494 e. The highest BCUT2D eigenvalue weighted by atomic mass is 16.5. The summed E-state index contributed by atoms with van der Waals surface area (Å²) in [6.45, 7) is 3.01. The first-order chi connectivity index (χ1) is 10.0. The second-order valence-electron chi connectivity index (χ2n) is 5.65. The van der Waals surface area contributed by atoms with Crippen LogP contribution in [0.1, 0.15) is 32.6 Å². The van der Waals surface area contributed by atoms with Crippen LogP contribution in [0.15, 0.2) is 24.3 Å². The zero-order chi connectivity index (χ0) is 15.3. The molecule has 0 unspecified atom stereocenters. The van der Waals surface area contributed by atoms with Crippen molar-refractivity contribution in [3.63, 3.8) is 0 Å². The van der Waals surface area contributed by atoms with Gasteiger partial charge in [-0.1, -0.05) is 0 Å². The lowest BCUT2D eigenvalue weighted by Crippen LogP contribution is -2.41. The van der Waals surface area contributed by atoms with Crippen LogP contribution in [-0.2, 0) is 4.79 Å². The maximum absolute atomic E-state index is 10.9. The van der Waals surface area contributed by atoms with E-state index in [0.29, 0.717) is 38.8 Å². The minimum atomic E-state index is -0.815. The first kappa shape index (κ1) is 15.6. The Morgan fingerprint density at radius 2 is 1.95 bits per heavy atom. The number of ether oxygens (including phenoxy) is 1. The second kappa shape index (κ2) is 6.80. The first-order valence-corrected chi connectivity index (χ1v) is 7.44. The molecule has 1 aromatic rings. The first-order valence-electron chi connectivity index (χ1n) is 7.44. The number of carbonyl (C=O) groups is 1. The zero-order valence-corrected chi connectivity index (χ0v) is 12.3. The average molecular weight is 293 g/mol. The Balaban J connectivity index is 1.83. The fraction of sp³-hybridized carbons (Fsp3) is 0.562. The van der Waals surface area contributed by atoms with Crippen LogP contribution in [-0.4, -0.2) is 34.9 Å². The van der Waals surface area contributed by atoms with Crippen LogP contribution >= 0.6 is 0 Å². The molecule has 1 fully saturated rings. The van der Waals surface area contributed by atoms with Gasteiger partial charge >= 0.3 is 5.97 Å². The number of carboxylic acids is 1. The third-order valence-corrected chi connectivity index (χ3v) is 4.05. The SMILES string of the molecule is CCOc1ccc(NCC2(O)CCC(C(=O)O)CC2)cc1. The maximum Gasteiger partial charge on any atom is 0.306 e. The molecule has 1 saturated carbocycles. The normalized spacial score (nSPS) is 25.3. The molecule has 3 N–H and O–H groups in total. The average Bonchev–Trinajstić information content (AvgIpc) is 2.47. The number of anilines is 1. The summed E-state index contributed by atoms with van der Waals surface area (Å²) in [5.41, 5.74) is 0.108. The van der Waals surface area contributed by atoms with Gasteiger partial charge in [-0.2, -0.15) is 0 Å². The molecule has 0 aliphatic heterocycles. The molecular weight excluding hydrogens is 270 g/mol. The summed E-state index contributed by atoms with van der Waals surface area (Å²) in [7, 11) is 0. The monoisotopic (exact) mass is 293 g/mol. The molecule has 0 spiro atoms. The number of rotatable bonds is 6. The van der Waals surface area contributed by atoms with Gasteiger partial charge in [0.1, 0.15) is 5.75 Å². The molecule has 116 valence electrons. The molecule has 0 heterocycles. The van der Waals surface area contributed by atoms with Crippen molar-refractivity contribution in [2.24, 2.45) is 5.92 Å². The van der Waals surface area contributed by atoms with E-state index < -0.39 is 11.6 Å². The van der Waals surface area contributed by atoms with Gasteiger partial charge in [-0.05, 0) is 56.9 Å². The number of nitrogens with one attached hydrogen (secondary N) is 1. The lowest BCUT2D eigenvalue weighted by atomic mass is 9.79. The van der Waals surface area contributed by atoms with Crippen molar-refractivity contribution in [2.45, 2.75) is 38.2 Å². The Labute approximate surface area is 124 Å². The summed E-state index contributed by atoms with van der Waals surface area (Å²) in [6.07, 6.45) is 2.12. The van der Waals surface area contributed by atoms with E-state index in [1.54, 1.807) is 0 Å². The van der Waals surface area contributed by atoms with E-state index in [0.717, 1.165) is 11.4 Å². The van der Waals surface area contributed by atoms with Crippen LogP contribution in [0.3, 0.4) is 0 Å². The van der Waals surface area contributed by atoms with Gasteiger partial charge in [0, 0.05) is 12.2 Å². The molecule has 0 amide bonds. The smallest absolute Gasteiger partial charge is 0.306 e. The molecule has 0 saturated heterocycles. The predicted molar refractivity (Wildman–Crippen MR) is 80.6 cm³/mol. The third-order valence-electron chi connectivity index (χ3n) is 4.05. The van der Waals surface area contributed by atoms with E-state index in [9.17, 15) is 9.90 Å². The highest BCUT2D eigenvalue weighted by molar-refractivity contribution is 5.70. The summed E-state index contributed by atoms with van der Waals surface area (Å²) < 4.78 is 5.38. The van der Waals surface area contributed by atoms with Crippen LogP contribution in [0.25, 0.3) is 0 Å². The maximum atomic E-state index is 10.9. The van der Waals surface area contributed by atoms with Gasteiger partial charge in [0.05, 0.1) is 18.1 Å². The molecule has 2 rings (SSSR count). The molecule has 21 heavy (non-hydrogen) atoms. The summed E-state index contributed by atoms with van der Waals surface area (Å²) in [4.78, 5) is 10.9. The lowest BCUT2D eigenvalue weighted by Gasteiger charge is -2.35. The van der Waals surface area contributed by atoms with Gasteiger partial charge < -0.3 is 20.3 Å². The summed E-state index contributed by atoms with van der Waals surface area (Å²) in [5, 5.41) is 22.7. The Hall–Kier alpha value is -1.75. The summed E-state index contributed by atoms with van der Waals surface area (Å²) in [5.74, 6) is -0.240. The van der Waals surface area contributed by atoms with Crippen LogP contribution in [0.2, 0.25) is 0 Å². The minimum Gasteiger partial charge on any atom is -0.494 e. The van der Waals surface area contributed by atoms with Crippen LogP contribution in [0, 0.1) is 5.92 Å². The lowest BCUT2D eigenvalue weighted by molar-refractivity contribution is -0.144.